The average molecular weight is 280 g/mol. The molecule has 0 amide bonds. The highest BCUT2D eigenvalue weighted by molar-refractivity contribution is 6.29. The molecular formula is C15H22ClN3. The van der Waals surface area contributed by atoms with E-state index >= 15 is 0 Å². The second-order valence-corrected chi connectivity index (χ2v) is 7.34. The Morgan fingerprint density at radius 3 is 2.42 bits per heavy atom. The van der Waals surface area contributed by atoms with Gasteiger partial charge in [-0.1, -0.05) is 32.4 Å². The van der Waals surface area contributed by atoms with E-state index in [0.29, 0.717) is 11.2 Å². The minimum atomic E-state index is -0.0611. The maximum atomic E-state index is 6.20. The lowest BCUT2D eigenvalue weighted by molar-refractivity contribution is 0.543. The Balaban J connectivity index is 1.90. The molecule has 0 atom stereocenters. The van der Waals surface area contributed by atoms with Crippen LogP contribution in [0.1, 0.15) is 52.3 Å². The molecule has 1 heterocycles. The molecule has 0 bridgehead atoms. The third kappa shape index (κ3) is 3.19. The van der Waals surface area contributed by atoms with Crippen LogP contribution < -0.4 is 4.90 Å². The molecule has 0 saturated heterocycles. The summed E-state index contributed by atoms with van der Waals surface area (Å²) in [6, 6.07) is 2.61. The van der Waals surface area contributed by atoms with Crippen LogP contribution >= 0.6 is 11.6 Å². The molecule has 0 spiro atoms. The maximum absolute atomic E-state index is 6.20. The fraction of sp³-hybridized carbons (Fsp3) is 0.733. The first-order valence-electron chi connectivity index (χ1n) is 7.25. The number of rotatable bonds is 4. The zero-order chi connectivity index (χ0) is 13.6. The molecule has 2 aliphatic carbocycles. The zero-order valence-corrected chi connectivity index (χ0v) is 12.7. The molecule has 4 heteroatoms. The lowest BCUT2D eigenvalue weighted by Gasteiger charge is -2.26. The molecule has 2 fully saturated rings. The van der Waals surface area contributed by atoms with Crippen LogP contribution in [0.4, 0.5) is 5.82 Å². The number of anilines is 1. The second kappa shape index (κ2) is 4.62. The van der Waals surface area contributed by atoms with E-state index in [4.69, 9.17) is 16.6 Å². The van der Waals surface area contributed by atoms with Crippen molar-refractivity contribution in [1.82, 2.24) is 9.97 Å². The molecule has 19 heavy (non-hydrogen) atoms. The third-order valence-corrected chi connectivity index (χ3v) is 3.98. The number of aromatic nitrogens is 2. The van der Waals surface area contributed by atoms with E-state index in [0.717, 1.165) is 24.1 Å². The molecule has 104 valence electrons. The Kier molecular flexibility index (Phi) is 3.20. The van der Waals surface area contributed by atoms with Crippen LogP contribution in [0.25, 0.3) is 0 Å². The fourth-order valence-electron chi connectivity index (χ4n) is 2.28. The van der Waals surface area contributed by atoms with Gasteiger partial charge in [0.2, 0.25) is 0 Å². The predicted octanol–water partition coefficient (Wildman–Crippen LogP) is 3.81. The summed E-state index contributed by atoms with van der Waals surface area (Å²) in [5.74, 6) is 2.74. The average Bonchev–Trinajstić information content (AvgIpc) is 3.17. The quantitative estimate of drug-likeness (QED) is 0.785. The molecule has 2 aliphatic rings. The van der Waals surface area contributed by atoms with E-state index < -0.39 is 0 Å². The highest BCUT2D eigenvalue weighted by Gasteiger charge is 2.35. The molecule has 0 radical (unpaired) electrons. The van der Waals surface area contributed by atoms with Crippen molar-refractivity contribution in [2.24, 2.45) is 5.92 Å². The van der Waals surface area contributed by atoms with Gasteiger partial charge < -0.3 is 4.90 Å². The first kappa shape index (κ1) is 13.2. The van der Waals surface area contributed by atoms with Gasteiger partial charge in [0.15, 0.2) is 0 Å². The Labute approximate surface area is 120 Å². The summed E-state index contributed by atoms with van der Waals surface area (Å²) < 4.78 is 0. The van der Waals surface area contributed by atoms with Crippen molar-refractivity contribution < 1.29 is 0 Å². The number of nitrogens with zero attached hydrogens (tertiary/aromatic N) is 3. The normalized spacial score (nSPS) is 19.6. The lowest BCUT2D eigenvalue weighted by atomic mass is 9.96. The van der Waals surface area contributed by atoms with Crippen LogP contribution in [-0.2, 0) is 5.41 Å². The van der Waals surface area contributed by atoms with Crippen LogP contribution in [0.3, 0.4) is 0 Å². The van der Waals surface area contributed by atoms with Crippen LogP contribution in [-0.4, -0.2) is 22.6 Å². The number of hydrogen-bond donors (Lipinski definition) is 0. The monoisotopic (exact) mass is 279 g/mol. The summed E-state index contributed by atoms with van der Waals surface area (Å²) in [7, 11) is 0. The van der Waals surface area contributed by atoms with E-state index in [1.807, 2.05) is 6.07 Å². The Morgan fingerprint density at radius 2 is 1.89 bits per heavy atom. The zero-order valence-electron chi connectivity index (χ0n) is 12.0. The highest BCUT2D eigenvalue weighted by atomic mass is 35.5. The summed E-state index contributed by atoms with van der Waals surface area (Å²) in [5, 5.41) is 0.566. The van der Waals surface area contributed by atoms with Crippen molar-refractivity contribution in [1.29, 1.82) is 0 Å². The summed E-state index contributed by atoms with van der Waals surface area (Å²) >= 11 is 6.20. The van der Waals surface area contributed by atoms with Gasteiger partial charge in [0, 0.05) is 24.1 Å². The summed E-state index contributed by atoms with van der Waals surface area (Å²) in [6.07, 6.45) is 5.32. The lowest BCUT2D eigenvalue weighted by Crippen LogP contribution is -2.30. The topological polar surface area (TPSA) is 29.0 Å². The molecule has 3 rings (SSSR count). The van der Waals surface area contributed by atoms with Crippen LogP contribution in [0.15, 0.2) is 6.07 Å². The number of halogens is 1. The van der Waals surface area contributed by atoms with E-state index in [1.54, 1.807) is 0 Å². The van der Waals surface area contributed by atoms with E-state index in [2.05, 4.69) is 30.7 Å². The standard InChI is InChI=1S/C15H22ClN3/c1-15(2,3)14-17-12(16)8-13(18-14)19(11-6-7-11)9-10-4-5-10/h8,10-11H,4-7,9H2,1-3H3. The predicted molar refractivity (Wildman–Crippen MR) is 78.8 cm³/mol. The first-order chi connectivity index (χ1) is 8.93. The summed E-state index contributed by atoms with van der Waals surface area (Å²) in [4.78, 5) is 11.6. The van der Waals surface area contributed by atoms with Crippen LogP contribution in [0.2, 0.25) is 5.15 Å². The van der Waals surface area contributed by atoms with Gasteiger partial charge in [-0.05, 0) is 31.6 Å². The van der Waals surface area contributed by atoms with Crippen molar-refractivity contribution in [3.63, 3.8) is 0 Å². The molecule has 0 unspecified atom stereocenters. The second-order valence-electron chi connectivity index (χ2n) is 6.95. The third-order valence-electron chi connectivity index (χ3n) is 3.79. The van der Waals surface area contributed by atoms with Gasteiger partial charge in [-0.3, -0.25) is 0 Å². The smallest absolute Gasteiger partial charge is 0.137 e. The van der Waals surface area contributed by atoms with E-state index in [1.165, 1.54) is 25.7 Å². The van der Waals surface area contributed by atoms with E-state index in [-0.39, 0.29) is 5.41 Å². The SMILES string of the molecule is CC(C)(C)c1nc(Cl)cc(N(CC2CC2)C2CC2)n1. The van der Waals surface area contributed by atoms with Crippen molar-refractivity contribution in [2.75, 3.05) is 11.4 Å². The van der Waals surface area contributed by atoms with Gasteiger partial charge in [-0.15, -0.1) is 0 Å². The Bertz CT molecular complexity index is 473. The highest BCUT2D eigenvalue weighted by Crippen LogP contribution is 2.38. The molecular weight excluding hydrogens is 258 g/mol. The Morgan fingerprint density at radius 1 is 1.21 bits per heavy atom. The first-order valence-corrected chi connectivity index (χ1v) is 7.63. The van der Waals surface area contributed by atoms with Crippen molar-refractivity contribution in [3.8, 4) is 0 Å². The van der Waals surface area contributed by atoms with Crippen molar-refractivity contribution >= 4 is 17.4 Å². The van der Waals surface area contributed by atoms with E-state index in [9.17, 15) is 0 Å². The van der Waals surface area contributed by atoms with Crippen molar-refractivity contribution in [2.45, 2.75) is 57.9 Å². The van der Waals surface area contributed by atoms with Gasteiger partial charge in [0.1, 0.15) is 16.8 Å². The minimum absolute atomic E-state index is 0.0611. The fourth-order valence-corrected chi connectivity index (χ4v) is 2.46. The van der Waals surface area contributed by atoms with Crippen molar-refractivity contribution in [3.05, 3.63) is 17.0 Å². The van der Waals surface area contributed by atoms with Gasteiger partial charge in [0.05, 0.1) is 0 Å². The summed E-state index contributed by atoms with van der Waals surface area (Å²) in [5.41, 5.74) is -0.0611. The molecule has 2 saturated carbocycles. The largest absolute Gasteiger partial charge is 0.353 e. The molecule has 0 aliphatic heterocycles. The molecule has 3 nitrogen and oxygen atoms in total. The minimum Gasteiger partial charge on any atom is -0.353 e. The molecule has 1 aromatic heterocycles. The van der Waals surface area contributed by atoms with Crippen LogP contribution in [0, 0.1) is 5.92 Å². The van der Waals surface area contributed by atoms with Gasteiger partial charge in [-0.25, -0.2) is 9.97 Å². The molecule has 0 aromatic carbocycles. The van der Waals surface area contributed by atoms with Crippen LogP contribution in [0.5, 0.6) is 0 Å². The maximum Gasteiger partial charge on any atom is 0.137 e. The molecule has 1 aromatic rings. The van der Waals surface area contributed by atoms with Gasteiger partial charge >= 0.3 is 0 Å². The Hall–Kier alpha value is -0.830. The van der Waals surface area contributed by atoms with Gasteiger partial charge in [0.25, 0.3) is 0 Å². The molecule has 0 N–H and O–H groups in total. The summed E-state index contributed by atoms with van der Waals surface area (Å²) in [6.45, 7) is 7.53. The van der Waals surface area contributed by atoms with Gasteiger partial charge in [-0.2, -0.15) is 0 Å². The number of hydrogen-bond acceptors (Lipinski definition) is 3.